The summed E-state index contributed by atoms with van der Waals surface area (Å²) in [5.74, 6) is 0.107. The van der Waals surface area contributed by atoms with Crippen molar-refractivity contribution in [3.05, 3.63) is 28.8 Å². The number of fused-ring (bicyclic) bond motifs is 1. The first-order chi connectivity index (χ1) is 8.81. The van der Waals surface area contributed by atoms with Crippen molar-refractivity contribution in [1.29, 1.82) is 0 Å². The van der Waals surface area contributed by atoms with Crippen LogP contribution in [0.3, 0.4) is 0 Å². The summed E-state index contributed by atoms with van der Waals surface area (Å²) in [6, 6.07) is 5.57. The van der Waals surface area contributed by atoms with Gasteiger partial charge in [0.15, 0.2) is 0 Å². The molecule has 3 nitrogen and oxygen atoms in total. The average molecular weight is 297 g/mol. The third kappa shape index (κ3) is 2.90. The minimum Gasteiger partial charge on any atom is -0.393 e. The highest BCUT2D eigenvalue weighted by Gasteiger charge is 2.30. The van der Waals surface area contributed by atoms with Crippen LogP contribution in [0.5, 0.6) is 0 Å². The Balaban J connectivity index is 2.17. The molecule has 0 fully saturated rings. The van der Waals surface area contributed by atoms with Gasteiger partial charge in [-0.25, -0.2) is 0 Å². The predicted molar refractivity (Wildman–Crippen MR) is 82.7 cm³/mol. The first-order valence-corrected chi connectivity index (χ1v) is 6.98. The van der Waals surface area contributed by atoms with Gasteiger partial charge in [-0.2, -0.15) is 0 Å². The SMILES string of the molecule is CC(C)(CCN1C(=O)Cc2ccc(Cl)cc21)C(N)=S. The van der Waals surface area contributed by atoms with Crippen molar-refractivity contribution in [3.63, 3.8) is 0 Å². The van der Waals surface area contributed by atoms with Crippen molar-refractivity contribution in [1.82, 2.24) is 0 Å². The van der Waals surface area contributed by atoms with Crippen molar-refractivity contribution in [2.75, 3.05) is 11.4 Å². The lowest BCUT2D eigenvalue weighted by atomic mass is 9.89. The van der Waals surface area contributed by atoms with Gasteiger partial charge < -0.3 is 10.6 Å². The minimum absolute atomic E-state index is 0.107. The summed E-state index contributed by atoms with van der Waals surface area (Å²) < 4.78 is 0. The van der Waals surface area contributed by atoms with Crippen LogP contribution in [0.25, 0.3) is 0 Å². The largest absolute Gasteiger partial charge is 0.393 e. The Hall–Kier alpha value is -1.13. The summed E-state index contributed by atoms with van der Waals surface area (Å²) in [5.41, 5.74) is 7.41. The molecule has 2 N–H and O–H groups in total. The Morgan fingerprint density at radius 3 is 2.84 bits per heavy atom. The standard InChI is InChI=1S/C14H17ClN2OS/c1-14(2,13(16)19)5-6-17-11-8-10(15)4-3-9(11)7-12(17)18/h3-4,8H,5-7H2,1-2H3,(H2,16,19). The Kier molecular flexibility index (Phi) is 3.83. The second kappa shape index (κ2) is 5.10. The highest BCUT2D eigenvalue weighted by Crippen LogP contribution is 2.33. The van der Waals surface area contributed by atoms with Gasteiger partial charge in [0, 0.05) is 22.7 Å². The van der Waals surface area contributed by atoms with E-state index < -0.39 is 0 Å². The van der Waals surface area contributed by atoms with Gasteiger partial charge in [0.25, 0.3) is 0 Å². The summed E-state index contributed by atoms with van der Waals surface area (Å²) in [6.45, 7) is 4.60. The molecule has 1 aliphatic rings. The zero-order chi connectivity index (χ0) is 14.2. The van der Waals surface area contributed by atoms with Crippen LogP contribution in [0.15, 0.2) is 18.2 Å². The monoisotopic (exact) mass is 296 g/mol. The van der Waals surface area contributed by atoms with E-state index in [9.17, 15) is 4.79 Å². The molecule has 1 heterocycles. The molecule has 0 bridgehead atoms. The Bertz CT molecular complexity index is 542. The number of halogens is 1. The summed E-state index contributed by atoms with van der Waals surface area (Å²) in [7, 11) is 0. The molecule has 0 radical (unpaired) electrons. The second-order valence-electron chi connectivity index (χ2n) is 5.49. The maximum atomic E-state index is 12.0. The van der Waals surface area contributed by atoms with E-state index in [-0.39, 0.29) is 11.3 Å². The molecule has 1 aliphatic heterocycles. The Labute approximate surface area is 123 Å². The maximum absolute atomic E-state index is 12.0. The summed E-state index contributed by atoms with van der Waals surface area (Å²) in [6.07, 6.45) is 1.18. The normalized spacial score (nSPS) is 14.7. The average Bonchev–Trinajstić information content (AvgIpc) is 2.62. The lowest BCUT2D eigenvalue weighted by molar-refractivity contribution is -0.117. The first kappa shape index (κ1) is 14.3. The topological polar surface area (TPSA) is 46.3 Å². The molecule has 0 spiro atoms. The fraction of sp³-hybridized carbons (Fsp3) is 0.429. The molecule has 1 amide bonds. The molecule has 0 aliphatic carbocycles. The molecular formula is C14H17ClN2OS. The summed E-state index contributed by atoms with van der Waals surface area (Å²) in [4.78, 5) is 14.3. The van der Waals surface area contributed by atoms with Crippen LogP contribution in [-0.4, -0.2) is 17.4 Å². The zero-order valence-electron chi connectivity index (χ0n) is 11.1. The Morgan fingerprint density at radius 1 is 1.53 bits per heavy atom. The number of anilines is 1. The van der Waals surface area contributed by atoms with Crippen LogP contribution < -0.4 is 10.6 Å². The van der Waals surface area contributed by atoms with Crippen LogP contribution in [0.1, 0.15) is 25.8 Å². The van der Waals surface area contributed by atoms with E-state index in [0.717, 1.165) is 17.7 Å². The number of rotatable bonds is 4. The van der Waals surface area contributed by atoms with Gasteiger partial charge >= 0.3 is 0 Å². The maximum Gasteiger partial charge on any atom is 0.231 e. The van der Waals surface area contributed by atoms with Crippen molar-refractivity contribution >= 4 is 40.4 Å². The molecule has 2 rings (SSSR count). The number of carbonyl (C=O) groups excluding carboxylic acids is 1. The summed E-state index contributed by atoms with van der Waals surface area (Å²) >= 11 is 11.1. The molecule has 1 aromatic rings. The van der Waals surface area contributed by atoms with E-state index in [1.165, 1.54) is 0 Å². The van der Waals surface area contributed by atoms with Gasteiger partial charge in [-0.3, -0.25) is 4.79 Å². The first-order valence-electron chi connectivity index (χ1n) is 6.20. The number of amides is 1. The van der Waals surface area contributed by atoms with Gasteiger partial charge in [0.05, 0.1) is 11.4 Å². The fourth-order valence-electron chi connectivity index (χ4n) is 2.09. The zero-order valence-corrected chi connectivity index (χ0v) is 12.6. The molecule has 5 heteroatoms. The highest BCUT2D eigenvalue weighted by molar-refractivity contribution is 7.80. The van der Waals surface area contributed by atoms with E-state index in [4.69, 9.17) is 29.6 Å². The molecule has 0 saturated carbocycles. The van der Waals surface area contributed by atoms with Gasteiger partial charge in [0.2, 0.25) is 5.91 Å². The third-order valence-corrected chi connectivity index (χ3v) is 4.40. The van der Waals surface area contributed by atoms with Crippen LogP contribution >= 0.6 is 23.8 Å². The lowest BCUT2D eigenvalue weighted by Crippen LogP contribution is -2.36. The van der Waals surface area contributed by atoms with Gasteiger partial charge in [-0.1, -0.05) is 43.7 Å². The van der Waals surface area contributed by atoms with E-state index in [2.05, 4.69) is 0 Å². The van der Waals surface area contributed by atoms with Crippen LogP contribution in [0.2, 0.25) is 5.02 Å². The molecule has 1 aromatic carbocycles. The lowest BCUT2D eigenvalue weighted by Gasteiger charge is -2.26. The molecule has 19 heavy (non-hydrogen) atoms. The number of benzene rings is 1. The van der Waals surface area contributed by atoms with Crippen molar-refractivity contribution in [3.8, 4) is 0 Å². The van der Waals surface area contributed by atoms with E-state index in [0.29, 0.717) is 23.0 Å². The highest BCUT2D eigenvalue weighted by atomic mass is 35.5. The van der Waals surface area contributed by atoms with Crippen molar-refractivity contribution in [2.45, 2.75) is 26.7 Å². The van der Waals surface area contributed by atoms with E-state index >= 15 is 0 Å². The van der Waals surface area contributed by atoms with Crippen LogP contribution in [0.4, 0.5) is 5.69 Å². The summed E-state index contributed by atoms with van der Waals surface area (Å²) in [5, 5.41) is 0.645. The Morgan fingerprint density at radius 2 is 2.21 bits per heavy atom. The molecule has 0 unspecified atom stereocenters. The number of nitrogens with zero attached hydrogens (tertiary/aromatic N) is 1. The third-order valence-electron chi connectivity index (χ3n) is 3.61. The number of hydrogen-bond donors (Lipinski definition) is 1. The number of carbonyl (C=O) groups is 1. The quantitative estimate of drug-likeness (QED) is 0.869. The predicted octanol–water partition coefficient (Wildman–Crippen LogP) is 2.93. The van der Waals surface area contributed by atoms with E-state index in [1.54, 1.807) is 4.90 Å². The minimum atomic E-state index is -0.253. The van der Waals surface area contributed by atoms with Crippen molar-refractivity contribution in [2.24, 2.45) is 11.1 Å². The number of nitrogens with two attached hydrogens (primary N) is 1. The molecule has 0 saturated heterocycles. The van der Waals surface area contributed by atoms with Gasteiger partial charge in [-0.05, 0) is 24.1 Å². The smallest absolute Gasteiger partial charge is 0.231 e. The molecule has 0 aromatic heterocycles. The van der Waals surface area contributed by atoms with Crippen molar-refractivity contribution < 1.29 is 4.79 Å². The fourth-order valence-corrected chi connectivity index (χ4v) is 2.36. The van der Waals surface area contributed by atoms with Gasteiger partial charge in [0.1, 0.15) is 0 Å². The van der Waals surface area contributed by atoms with Gasteiger partial charge in [-0.15, -0.1) is 0 Å². The number of thiocarbonyl (C=S) groups is 1. The molecule has 102 valence electrons. The number of hydrogen-bond acceptors (Lipinski definition) is 2. The van der Waals surface area contributed by atoms with E-state index in [1.807, 2.05) is 32.0 Å². The molecular weight excluding hydrogens is 280 g/mol. The van der Waals surface area contributed by atoms with Crippen LogP contribution in [-0.2, 0) is 11.2 Å². The van der Waals surface area contributed by atoms with Crippen LogP contribution in [0, 0.1) is 5.41 Å². The second-order valence-corrected chi connectivity index (χ2v) is 6.37. The molecule has 0 atom stereocenters.